The van der Waals surface area contributed by atoms with Crippen molar-refractivity contribution in [2.75, 3.05) is 6.26 Å². The number of hydrogen-bond donors (Lipinski definition) is 1. The predicted octanol–water partition coefficient (Wildman–Crippen LogP) is 5.73. The Morgan fingerprint density at radius 2 is 1.48 bits per heavy atom. The lowest BCUT2D eigenvalue weighted by atomic mass is 10.0. The number of sulfonamides is 1. The maximum absolute atomic E-state index is 11.8. The zero-order valence-corrected chi connectivity index (χ0v) is 20.0. The van der Waals surface area contributed by atoms with E-state index in [1.54, 1.807) is 6.26 Å². The minimum Gasteiger partial charge on any atom is -0.474 e. The molecule has 158 valence electrons. The van der Waals surface area contributed by atoms with Crippen LogP contribution in [0.4, 0.5) is 0 Å². The van der Waals surface area contributed by atoms with E-state index in [1.165, 1.54) is 57.6 Å². The number of furan rings is 1. The minimum absolute atomic E-state index is 0.172. The molecule has 1 unspecified atom stereocenters. The molecule has 0 aliphatic heterocycles. The number of rotatable bonds is 15. The zero-order valence-electron chi connectivity index (χ0n) is 18.1. The van der Waals surface area contributed by atoms with Gasteiger partial charge in [0.1, 0.15) is 8.07 Å². The fraction of sp³-hybridized carbons (Fsp3) is 0.810. The van der Waals surface area contributed by atoms with Crippen molar-refractivity contribution in [3.63, 3.8) is 0 Å². The Labute approximate surface area is 168 Å². The summed E-state index contributed by atoms with van der Waals surface area (Å²) in [5, 5.41) is 1.01. The lowest BCUT2D eigenvalue weighted by Crippen LogP contribution is -2.41. The van der Waals surface area contributed by atoms with E-state index in [0.29, 0.717) is 0 Å². The molecule has 1 atom stereocenters. The van der Waals surface area contributed by atoms with Gasteiger partial charge < -0.3 is 4.42 Å². The lowest BCUT2D eigenvalue weighted by molar-refractivity contribution is 0.501. The fourth-order valence-electron chi connectivity index (χ4n) is 3.58. The van der Waals surface area contributed by atoms with Crippen LogP contribution >= 0.6 is 0 Å². The number of hydrogen-bond acceptors (Lipinski definition) is 3. The quantitative estimate of drug-likeness (QED) is 0.294. The normalized spacial score (nSPS) is 13.8. The van der Waals surface area contributed by atoms with Crippen LogP contribution in [0, 0.1) is 0 Å². The van der Waals surface area contributed by atoms with Crippen LogP contribution in [0.25, 0.3) is 0 Å². The molecule has 0 aromatic carbocycles. The third-order valence-corrected chi connectivity index (χ3v) is 7.44. The molecular weight excluding hydrogens is 374 g/mol. The Bertz CT molecular complexity index is 620. The maximum atomic E-state index is 11.8. The van der Waals surface area contributed by atoms with Gasteiger partial charge in [-0.3, -0.25) is 0 Å². The Kier molecular flexibility index (Phi) is 10.9. The first kappa shape index (κ1) is 24.4. The average Bonchev–Trinajstić information content (AvgIpc) is 3.04. The maximum Gasteiger partial charge on any atom is 0.209 e. The number of unbranched alkanes of at least 4 members (excludes halogenated alkanes) is 9. The zero-order chi connectivity index (χ0) is 20.3. The molecule has 27 heavy (non-hydrogen) atoms. The Morgan fingerprint density at radius 3 is 1.96 bits per heavy atom. The van der Waals surface area contributed by atoms with E-state index in [-0.39, 0.29) is 6.04 Å². The van der Waals surface area contributed by atoms with Crippen molar-refractivity contribution >= 4 is 23.5 Å². The van der Waals surface area contributed by atoms with Gasteiger partial charge in [0.25, 0.3) is 0 Å². The average molecular weight is 416 g/mol. The van der Waals surface area contributed by atoms with Gasteiger partial charge in [-0.2, -0.15) is 0 Å². The van der Waals surface area contributed by atoms with Gasteiger partial charge in [-0.15, -0.1) is 0 Å². The van der Waals surface area contributed by atoms with E-state index in [9.17, 15) is 8.42 Å². The van der Waals surface area contributed by atoms with Crippen LogP contribution in [-0.2, 0) is 10.0 Å². The summed E-state index contributed by atoms with van der Waals surface area (Å²) in [5.74, 6) is 0. The number of nitrogens with one attached hydrogen (secondary N) is 1. The van der Waals surface area contributed by atoms with Gasteiger partial charge in [0.05, 0.1) is 17.9 Å². The summed E-state index contributed by atoms with van der Waals surface area (Å²) in [6.07, 6.45) is 16.6. The minimum atomic E-state index is -3.25. The Balaban J connectivity index is 2.46. The topological polar surface area (TPSA) is 59.3 Å². The Morgan fingerprint density at radius 1 is 0.963 bits per heavy atom. The van der Waals surface area contributed by atoms with E-state index in [4.69, 9.17) is 4.42 Å². The highest BCUT2D eigenvalue weighted by molar-refractivity contribution is 7.88. The predicted molar refractivity (Wildman–Crippen MR) is 119 cm³/mol. The standard InChI is InChI=1S/C21H41NO3SSi/c1-6-7-8-9-10-11-12-13-14-15-16-20(22-26(2,23)24)19-17-18-25-21(19)27(3,4)5/h17-18,20,22H,6-16H2,1-5H3. The summed E-state index contributed by atoms with van der Waals surface area (Å²) >= 11 is 0. The molecule has 0 amide bonds. The van der Waals surface area contributed by atoms with Crippen molar-refractivity contribution < 1.29 is 12.8 Å². The summed E-state index contributed by atoms with van der Waals surface area (Å²) in [4.78, 5) is 0. The molecule has 1 heterocycles. The molecule has 0 aliphatic rings. The third-order valence-electron chi connectivity index (χ3n) is 4.95. The molecular formula is C21H41NO3SSi. The van der Waals surface area contributed by atoms with Gasteiger partial charge in [0, 0.05) is 11.6 Å². The van der Waals surface area contributed by atoms with Gasteiger partial charge in [0.2, 0.25) is 10.0 Å². The van der Waals surface area contributed by atoms with Crippen LogP contribution in [0.1, 0.15) is 89.2 Å². The van der Waals surface area contributed by atoms with Crippen molar-refractivity contribution in [3.05, 3.63) is 17.9 Å². The van der Waals surface area contributed by atoms with Crippen molar-refractivity contribution in [3.8, 4) is 0 Å². The lowest BCUT2D eigenvalue weighted by Gasteiger charge is -2.22. The van der Waals surface area contributed by atoms with E-state index in [2.05, 4.69) is 31.3 Å². The van der Waals surface area contributed by atoms with Crippen LogP contribution in [0.15, 0.2) is 16.7 Å². The van der Waals surface area contributed by atoms with E-state index in [0.717, 1.165) is 30.2 Å². The molecule has 0 saturated heterocycles. The van der Waals surface area contributed by atoms with Crippen LogP contribution in [0.5, 0.6) is 0 Å². The van der Waals surface area contributed by atoms with Gasteiger partial charge in [-0.05, 0) is 12.5 Å². The van der Waals surface area contributed by atoms with Gasteiger partial charge in [-0.1, -0.05) is 90.8 Å². The second kappa shape index (κ2) is 12.1. The summed E-state index contributed by atoms with van der Waals surface area (Å²) in [5.41, 5.74) is 1.04. The molecule has 0 bridgehead atoms. The monoisotopic (exact) mass is 415 g/mol. The summed E-state index contributed by atoms with van der Waals surface area (Å²) in [6, 6.07) is 1.78. The van der Waals surface area contributed by atoms with Crippen LogP contribution in [-0.4, -0.2) is 22.7 Å². The smallest absolute Gasteiger partial charge is 0.209 e. The van der Waals surface area contributed by atoms with Crippen molar-refractivity contribution in [1.82, 2.24) is 4.72 Å². The molecule has 4 nitrogen and oxygen atoms in total. The van der Waals surface area contributed by atoms with Crippen LogP contribution in [0.2, 0.25) is 19.6 Å². The van der Waals surface area contributed by atoms with E-state index in [1.807, 2.05) is 6.07 Å². The molecule has 6 heteroatoms. The first-order valence-corrected chi connectivity index (χ1v) is 16.1. The van der Waals surface area contributed by atoms with Crippen LogP contribution < -0.4 is 10.1 Å². The second-order valence-corrected chi connectivity index (χ2v) is 15.6. The molecule has 1 aromatic rings. The molecule has 0 radical (unpaired) electrons. The highest BCUT2D eigenvalue weighted by Crippen LogP contribution is 2.23. The van der Waals surface area contributed by atoms with Crippen molar-refractivity contribution in [1.29, 1.82) is 0 Å². The molecule has 0 aliphatic carbocycles. The van der Waals surface area contributed by atoms with Crippen molar-refractivity contribution in [2.24, 2.45) is 0 Å². The molecule has 0 spiro atoms. The third kappa shape index (κ3) is 10.5. The van der Waals surface area contributed by atoms with E-state index >= 15 is 0 Å². The summed E-state index contributed by atoms with van der Waals surface area (Å²) in [6.45, 7) is 8.94. The highest BCUT2D eigenvalue weighted by Gasteiger charge is 2.29. The van der Waals surface area contributed by atoms with Gasteiger partial charge in [0.15, 0.2) is 0 Å². The summed E-state index contributed by atoms with van der Waals surface area (Å²) < 4.78 is 32.3. The molecule has 0 fully saturated rings. The first-order valence-electron chi connectivity index (χ1n) is 10.7. The fourth-order valence-corrected chi connectivity index (χ4v) is 5.88. The molecule has 1 rings (SSSR count). The molecule has 1 aromatic heterocycles. The first-order chi connectivity index (χ1) is 12.6. The SMILES string of the molecule is CCCCCCCCCCCCC(NS(C)(=O)=O)c1ccoc1[Si](C)(C)C. The van der Waals surface area contributed by atoms with Gasteiger partial charge in [-0.25, -0.2) is 13.1 Å². The van der Waals surface area contributed by atoms with Crippen LogP contribution in [0.3, 0.4) is 0 Å². The highest BCUT2D eigenvalue weighted by atomic mass is 32.2. The Hall–Kier alpha value is -0.593. The second-order valence-electron chi connectivity index (χ2n) is 8.87. The molecule has 1 N–H and O–H groups in total. The summed E-state index contributed by atoms with van der Waals surface area (Å²) in [7, 11) is -4.89. The van der Waals surface area contributed by atoms with Gasteiger partial charge >= 0.3 is 0 Å². The molecule has 0 saturated carbocycles. The van der Waals surface area contributed by atoms with E-state index < -0.39 is 18.1 Å². The largest absolute Gasteiger partial charge is 0.474 e. The van der Waals surface area contributed by atoms with Crippen molar-refractivity contribution in [2.45, 2.75) is 103 Å².